The van der Waals surface area contributed by atoms with Crippen molar-refractivity contribution in [2.45, 2.75) is 31.6 Å². The molecule has 3 heterocycles. The lowest BCUT2D eigenvalue weighted by Gasteiger charge is -2.24. The molecule has 1 unspecified atom stereocenters. The topological polar surface area (TPSA) is 137 Å². The largest absolute Gasteiger partial charge is 0.442 e. The van der Waals surface area contributed by atoms with Crippen LogP contribution in [0.2, 0.25) is 0 Å². The molecule has 1 fully saturated rings. The van der Waals surface area contributed by atoms with Crippen LogP contribution < -0.4 is 15.5 Å². The molecule has 12 heteroatoms. The van der Waals surface area contributed by atoms with Crippen LogP contribution in [0, 0.1) is 18.6 Å². The monoisotopic (exact) mass is 478 g/mol. The van der Waals surface area contributed by atoms with Gasteiger partial charge in [0.1, 0.15) is 23.8 Å². The quantitative estimate of drug-likeness (QED) is 0.443. The number of hydrogen-bond acceptors (Lipinski definition) is 9. The molecule has 1 aromatic carbocycles. The number of halogens is 2. The van der Waals surface area contributed by atoms with E-state index >= 15 is 8.78 Å². The number of ketones is 1. The lowest BCUT2D eigenvalue weighted by molar-refractivity contribution is -0.130. The predicted molar refractivity (Wildman–Crippen MR) is 116 cm³/mol. The van der Waals surface area contributed by atoms with Crippen molar-refractivity contribution in [3.63, 3.8) is 0 Å². The highest BCUT2D eigenvalue weighted by Gasteiger charge is 2.34. The van der Waals surface area contributed by atoms with Crippen LogP contribution in [0.4, 0.5) is 25.1 Å². The molecule has 1 amide bonds. The first-order valence-electron chi connectivity index (χ1n) is 10.7. The van der Waals surface area contributed by atoms with E-state index in [2.05, 4.69) is 15.8 Å². The highest BCUT2D eigenvalue weighted by Crippen LogP contribution is 2.32. The fourth-order valence-corrected chi connectivity index (χ4v) is 3.92. The van der Waals surface area contributed by atoms with Gasteiger partial charge in [-0.25, -0.2) is 13.6 Å². The predicted octanol–water partition coefficient (Wildman–Crippen LogP) is 1.37. The number of aryl methyl sites for hydroxylation is 1. The summed E-state index contributed by atoms with van der Waals surface area (Å²) in [6.45, 7) is 1.54. The molecule has 4 rings (SSSR count). The average molecular weight is 478 g/mol. The molecule has 0 bridgehead atoms. The Morgan fingerprint density at radius 3 is 2.74 bits per heavy atom. The first-order chi connectivity index (χ1) is 16.3. The Balaban J connectivity index is 1.49. The van der Waals surface area contributed by atoms with Gasteiger partial charge in [-0.15, -0.1) is 0 Å². The molecule has 0 radical (unpaired) electrons. The van der Waals surface area contributed by atoms with Gasteiger partial charge < -0.3 is 30.1 Å². The lowest BCUT2D eigenvalue weighted by Crippen LogP contribution is -2.45. The number of carbonyl (C=O) groups excluding carboxylic acids is 2. The van der Waals surface area contributed by atoms with Crippen LogP contribution >= 0.6 is 0 Å². The molecule has 3 atom stereocenters. The van der Waals surface area contributed by atoms with E-state index in [0.29, 0.717) is 11.6 Å². The van der Waals surface area contributed by atoms with Crippen LogP contribution in [0.25, 0.3) is 5.57 Å². The number of aliphatic hydroxyl groups excluding tert-OH is 2. The molecule has 34 heavy (non-hydrogen) atoms. The van der Waals surface area contributed by atoms with Gasteiger partial charge in [0.25, 0.3) is 0 Å². The first-order valence-corrected chi connectivity index (χ1v) is 10.7. The number of nitrogens with zero attached hydrogens (tertiary/aromatic N) is 2. The Bertz CT molecular complexity index is 1100. The van der Waals surface area contributed by atoms with Gasteiger partial charge in [-0.1, -0.05) is 11.2 Å². The second-order valence-corrected chi connectivity index (χ2v) is 8.09. The normalized spacial score (nSPS) is 21.3. The van der Waals surface area contributed by atoms with Crippen LogP contribution in [0.15, 0.2) is 28.8 Å². The number of nitrogens with one attached hydrogen (secondary N) is 2. The minimum absolute atomic E-state index is 0.000349. The fourth-order valence-electron chi connectivity index (χ4n) is 3.92. The maximum atomic E-state index is 15.0. The van der Waals surface area contributed by atoms with Gasteiger partial charge in [-0.3, -0.25) is 9.69 Å². The zero-order valence-electron chi connectivity index (χ0n) is 18.3. The molecule has 182 valence electrons. The standard InChI is InChI=1S/C22H24F2N4O6/c1-11-4-19(34-27-11)26-8-14-9-28(22(32)33-14)13-6-15(23)20(16(24)7-13)12-2-3-25-17(5-12)21(31)18(30)10-29/h4-7,14,17-18,25-26,29-30H,2-3,8-10H2,1H3/t14-,17?,18-/m0/s1. The molecule has 10 nitrogen and oxygen atoms in total. The van der Waals surface area contributed by atoms with Crippen molar-refractivity contribution >= 4 is 29.0 Å². The number of anilines is 2. The lowest BCUT2D eigenvalue weighted by atomic mass is 9.93. The molecule has 4 N–H and O–H groups in total. The Morgan fingerprint density at radius 1 is 1.35 bits per heavy atom. The zero-order chi connectivity index (χ0) is 24.4. The summed E-state index contributed by atoms with van der Waals surface area (Å²) in [7, 11) is 0. The van der Waals surface area contributed by atoms with Gasteiger partial charge in [-0.05, 0) is 31.1 Å². The van der Waals surface area contributed by atoms with Gasteiger partial charge in [0, 0.05) is 18.2 Å². The first kappa shape index (κ1) is 23.8. The summed E-state index contributed by atoms with van der Waals surface area (Å²) in [6.07, 6.45) is -1.34. The Morgan fingerprint density at radius 2 is 2.09 bits per heavy atom. The highest BCUT2D eigenvalue weighted by atomic mass is 19.1. The maximum Gasteiger partial charge on any atom is 0.414 e. The molecule has 0 spiro atoms. The van der Waals surface area contributed by atoms with E-state index in [9.17, 15) is 14.7 Å². The third-order valence-corrected chi connectivity index (χ3v) is 5.60. The third kappa shape index (κ3) is 4.93. The summed E-state index contributed by atoms with van der Waals surface area (Å²) in [4.78, 5) is 25.6. The van der Waals surface area contributed by atoms with Crippen LogP contribution in [0.5, 0.6) is 0 Å². The van der Waals surface area contributed by atoms with Crippen LogP contribution in [0.3, 0.4) is 0 Å². The molecular formula is C22H24F2N4O6. The van der Waals surface area contributed by atoms with E-state index in [0.717, 1.165) is 17.0 Å². The zero-order valence-corrected chi connectivity index (χ0v) is 18.3. The summed E-state index contributed by atoms with van der Waals surface area (Å²) in [5.41, 5.74) is 0.618. The van der Waals surface area contributed by atoms with Crippen molar-refractivity contribution in [2.24, 2.45) is 0 Å². The number of ether oxygens (including phenoxy) is 1. The second kappa shape index (κ2) is 9.87. The Hall–Kier alpha value is -3.35. The minimum atomic E-state index is -1.60. The maximum absolute atomic E-state index is 15.0. The number of rotatable bonds is 8. The van der Waals surface area contributed by atoms with Crippen molar-refractivity contribution in [3.05, 3.63) is 47.2 Å². The minimum Gasteiger partial charge on any atom is -0.442 e. The van der Waals surface area contributed by atoms with Crippen molar-refractivity contribution < 1.29 is 37.8 Å². The van der Waals surface area contributed by atoms with Gasteiger partial charge >= 0.3 is 6.09 Å². The van der Waals surface area contributed by atoms with Gasteiger partial charge in [0.15, 0.2) is 5.78 Å². The smallest absolute Gasteiger partial charge is 0.414 e. The Labute approximate surface area is 193 Å². The highest BCUT2D eigenvalue weighted by molar-refractivity contribution is 5.93. The van der Waals surface area contributed by atoms with Gasteiger partial charge in [0.05, 0.1) is 37.1 Å². The third-order valence-electron chi connectivity index (χ3n) is 5.60. The van der Waals surface area contributed by atoms with Crippen LogP contribution in [-0.2, 0) is 9.53 Å². The molecule has 2 aromatic rings. The molecule has 1 aromatic heterocycles. The van der Waals surface area contributed by atoms with Gasteiger partial charge in [-0.2, -0.15) is 0 Å². The molecule has 2 aliphatic rings. The van der Waals surface area contributed by atoms with Gasteiger partial charge in [0.2, 0.25) is 5.88 Å². The van der Waals surface area contributed by atoms with Crippen LogP contribution in [0.1, 0.15) is 17.7 Å². The number of carbonyl (C=O) groups is 2. The average Bonchev–Trinajstić information content (AvgIpc) is 3.41. The van der Waals surface area contributed by atoms with Crippen molar-refractivity contribution in [2.75, 3.05) is 36.5 Å². The number of cyclic esters (lactones) is 1. The number of aliphatic hydroxyl groups is 2. The number of Topliss-reactive ketones (excluding diaryl/α,β-unsaturated/α-hetero) is 1. The summed E-state index contributed by atoms with van der Waals surface area (Å²) >= 11 is 0. The van der Waals surface area contributed by atoms with E-state index in [1.165, 1.54) is 6.08 Å². The van der Waals surface area contributed by atoms with E-state index in [-0.39, 0.29) is 42.9 Å². The van der Waals surface area contributed by atoms with Crippen LogP contribution in [-0.4, -0.2) is 71.7 Å². The molecule has 2 aliphatic heterocycles. The molecule has 1 saturated heterocycles. The molecule has 0 aliphatic carbocycles. The Kier molecular flexibility index (Phi) is 6.91. The number of hydrogen-bond donors (Lipinski definition) is 4. The number of benzene rings is 1. The number of amides is 1. The van der Waals surface area contributed by atoms with Crippen molar-refractivity contribution in [3.8, 4) is 0 Å². The SMILES string of the molecule is Cc1cc(NC[C@H]2CN(c3cc(F)c(C4=CC(C(=O)[C@@H](O)CO)NCC4)c(F)c3)C(=O)O2)on1. The second-order valence-electron chi connectivity index (χ2n) is 8.09. The van der Waals surface area contributed by atoms with Crippen molar-refractivity contribution in [1.29, 1.82) is 0 Å². The summed E-state index contributed by atoms with van der Waals surface area (Å²) in [5, 5.41) is 28.1. The number of aromatic nitrogens is 1. The molecule has 0 saturated carbocycles. The van der Waals surface area contributed by atoms with E-state index in [1.54, 1.807) is 13.0 Å². The van der Waals surface area contributed by atoms with E-state index in [4.69, 9.17) is 14.4 Å². The van der Waals surface area contributed by atoms with Crippen molar-refractivity contribution in [1.82, 2.24) is 10.5 Å². The summed E-state index contributed by atoms with van der Waals surface area (Å²) in [6, 6.07) is 2.77. The summed E-state index contributed by atoms with van der Waals surface area (Å²) < 4.78 is 40.3. The fraction of sp³-hybridized carbons (Fsp3) is 0.409. The summed E-state index contributed by atoms with van der Waals surface area (Å²) in [5.74, 6) is -2.09. The van der Waals surface area contributed by atoms with E-state index < -0.39 is 48.4 Å². The molecular weight excluding hydrogens is 454 g/mol. The van der Waals surface area contributed by atoms with E-state index in [1.807, 2.05) is 0 Å².